The molecule has 0 aromatic carbocycles. The van der Waals surface area contributed by atoms with E-state index in [1.54, 1.807) is 0 Å². The number of hydrogen-bond acceptors (Lipinski definition) is 5. The molecule has 0 amide bonds. The monoisotopic (exact) mass is 175 g/mol. The molecule has 0 aliphatic carbocycles. The Morgan fingerprint density at radius 3 is 2.00 bits per heavy atom. The van der Waals surface area contributed by atoms with Gasteiger partial charge in [0.05, 0.1) is 0 Å². The highest BCUT2D eigenvalue weighted by Crippen LogP contribution is 1.93. The van der Waals surface area contributed by atoms with Crippen LogP contribution in [0.4, 0.5) is 0 Å². The van der Waals surface area contributed by atoms with E-state index < -0.39 is 18.0 Å². The summed E-state index contributed by atoms with van der Waals surface area (Å²) >= 11 is 0. The van der Waals surface area contributed by atoms with E-state index in [1.165, 1.54) is 0 Å². The molecule has 0 spiro atoms. The van der Waals surface area contributed by atoms with E-state index in [9.17, 15) is 9.59 Å². The van der Waals surface area contributed by atoms with Gasteiger partial charge in [0.1, 0.15) is 6.04 Å². The summed E-state index contributed by atoms with van der Waals surface area (Å²) in [4.78, 5) is 19.9. The van der Waals surface area contributed by atoms with Gasteiger partial charge in [0, 0.05) is 17.2 Å². The van der Waals surface area contributed by atoms with Gasteiger partial charge in [-0.25, -0.2) is 0 Å². The molecule has 0 saturated carbocycles. The molecule has 0 rings (SSSR count). The predicted octanol–water partition coefficient (Wildman–Crippen LogP) is -0.707. The van der Waals surface area contributed by atoms with Crippen LogP contribution in [0.15, 0.2) is 0 Å². The third-order valence-electron chi connectivity index (χ3n) is 0.986. The van der Waals surface area contributed by atoms with Crippen LogP contribution < -0.4 is 5.73 Å². The van der Waals surface area contributed by atoms with Gasteiger partial charge in [-0.05, 0) is 6.42 Å². The van der Waals surface area contributed by atoms with Crippen LogP contribution in [-0.2, 0) is 9.59 Å². The Kier molecular flexibility index (Phi) is 8.02. The molecule has 0 aromatic rings. The summed E-state index contributed by atoms with van der Waals surface area (Å²) in [6.45, 7) is 0. The van der Waals surface area contributed by atoms with Crippen molar-refractivity contribution in [3.05, 3.63) is 0 Å². The number of carboxylic acids is 2. The molecule has 1 atom stereocenters. The van der Waals surface area contributed by atoms with Crippen molar-refractivity contribution >= 4 is 11.9 Å². The van der Waals surface area contributed by atoms with Crippen molar-refractivity contribution in [1.82, 2.24) is 0 Å². The van der Waals surface area contributed by atoms with Gasteiger partial charge < -0.3 is 15.9 Å². The first kappa shape index (κ1) is 12.9. The van der Waals surface area contributed by atoms with E-state index in [0.717, 1.165) is 0 Å². The molecule has 0 bridgehead atoms. The minimum absolute atomic E-state index is 0.0231. The lowest BCUT2D eigenvalue weighted by Crippen LogP contribution is -2.30. The molecule has 0 fully saturated rings. The first-order valence-corrected chi connectivity index (χ1v) is 2.94. The zero-order chi connectivity index (χ0) is 10.1. The average Bonchev–Trinajstić information content (AvgIpc) is 2.03. The topological polar surface area (TPSA) is 148 Å². The lowest BCUT2D eigenvalue weighted by atomic mass is 10.2. The standard InChI is InChI=1S/C5H9NO4.N2/c6-3(5(9)10)1-2-4(7)8;1-2/h3H,1-2,6H2,(H,7,8)(H,9,10);/t3-;/m0./s1. The minimum Gasteiger partial charge on any atom is -0.481 e. The molecule has 0 heterocycles. The van der Waals surface area contributed by atoms with Gasteiger partial charge in [-0.15, -0.1) is 0 Å². The summed E-state index contributed by atoms with van der Waals surface area (Å²) in [7, 11) is 0. The molecule has 4 N–H and O–H groups in total. The van der Waals surface area contributed by atoms with Crippen LogP contribution in [-0.4, -0.2) is 28.2 Å². The normalized spacial score (nSPS) is 10.6. The number of nitrogens with two attached hydrogens (primary N) is 1. The Morgan fingerprint density at radius 2 is 1.75 bits per heavy atom. The fourth-order valence-electron chi connectivity index (χ4n) is 0.402. The van der Waals surface area contributed by atoms with Gasteiger partial charge in [-0.2, -0.15) is 0 Å². The Morgan fingerprint density at radius 1 is 1.33 bits per heavy atom. The number of carbonyl (C=O) groups is 2. The lowest BCUT2D eigenvalue weighted by Gasteiger charge is -2.01. The maximum absolute atomic E-state index is 9.99. The van der Waals surface area contributed by atoms with Crippen LogP contribution in [0.1, 0.15) is 12.8 Å². The van der Waals surface area contributed by atoms with Crippen LogP contribution >= 0.6 is 0 Å². The van der Waals surface area contributed by atoms with Gasteiger partial charge in [0.25, 0.3) is 0 Å². The molecule has 7 nitrogen and oxygen atoms in total. The number of hydrogen-bond donors (Lipinski definition) is 3. The Balaban J connectivity index is 0. The maximum Gasteiger partial charge on any atom is 0.320 e. The molecular weight excluding hydrogens is 166 g/mol. The Labute approximate surface area is 68.2 Å². The van der Waals surface area contributed by atoms with Crippen molar-refractivity contribution in [2.45, 2.75) is 18.9 Å². The van der Waals surface area contributed by atoms with E-state index in [4.69, 9.17) is 26.7 Å². The van der Waals surface area contributed by atoms with Crippen LogP contribution in [0, 0.1) is 10.8 Å². The molecule has 0 aromatic heterocycles. The molecule has 0 aliphatic rings. The first-order valence-electron chi connectivity index (χ1n) is 2.94. The highest BCUT2D eigenvalue weighted by Gasteiger charge is 2.12. The van der Waals surface area contributed by atoms with Crippen molar-refractivity contribution in [1.29, 1.82) is 10.8 Å². The quantitative estimate of drug-likeness (QED) is 0.478. The highest BCUT2D eigenvalue weighted by molar-refractivity contribution is 5.74. The summed E-state index contributed by atoms with van der Waals surface area (Å²) in [5.41, 5.74) is 5.00. The second-order valence-electron chi connectivity index (χ2n) is 1.88. The molecule has 68 valence electrons. The average molecular weight is 175 g/mol. The lowest BCUT2D eigenvalue weighted by molar-refractivity contribution is -0.139. The number of rotatable bonds is 4. The molecule has 12 heavy (non-hydrogen) atoms. The second kappa shape index (κ2) is 7.43. The van der Waals surface area contributed by atoms with E-state index >= 15 is 0 Å². The molecule has 0 radical (unpaired) electrons. The SMILES string of the molecule is N#N.N[C@@H](CCC(=O)O)C(=O)O. The third-order valence-corrected chi connectivity index (χ3v) is 0.986. The fraction of sp³-hybridized carbons (Fsp3) is 0.600. The second-order valence-corrected chi connectivity index (χ2v) is 1.88. The minimum atomic E-state index is -1.17. The van der Waals surface area contributed by atoms with Crippen molar-refractivity contribution in [3.63, 3.8) is 0 Å². The van der Waals surface area contributed by atoms with E-state index in [2.05, 4.69) is 0 Å². The van der Waals surface area contributed by atoms with E-state index in [0.29, 0.717) is 0 Å². The number of nitrogens with zero attached hydrogens (tertiary/aromatic N) is 2. The van der Waals surface area contributed by atoms with Crippen molar-refractivity contribution in [2.24, 2.45) is 5.73 Å². The number of carboxylic acid groups (broad SMARTS) is 2. The van der Waals surface area contributed by atoms with E-state index in [-0.39, 0.29) is 12.8 Å². The summed E-state index contributed by atoms with van der Waals surface area (Å²) in [6.07, 6.45) is -0.224. The smallest absolute Gasteiger partial charge is 0.320 e. The van der Waals surface area contributed by atoms with Crippen LogP contribution in [0.3, 0.4) is 0 Å². The Hall–Kier alpha value is -1.68. The summed E-state index contributed by atoms with van der Waals surface area (Å²) in [6, 6.07) is -1.06. The highest BCUT2D eigenvalue weighted by atomic mass is 16.4. The van der Waals surface area contributed by atoms with Crippen molar-refractivity contribution in [2.75, 3.05) is 0 Å². The molecule has 0 unspecified atom stereocenters. The zero-order valence-electron chi connectivity index (χ0n) is 6.17. The molecule has 7 heteroatoms. The van der Waals surface area contributed by atoms with Crippen molar-refractivity contribution < 1.29 is 19.8 Å². The largest absolute Gasteiger partial charge is 0.481 e. The summed E-state index contributed by atoms with van der Waals surface area (Å²) < 4.78 is 0. The summed E-state index contributed by atoms with van der Waals surface area (Å²) in [5.74, 6) is -2.20. The van der Waals surface area contributed by atoms with Crippen LogP contribution in [0.2, 0.25) is 0 Å². The summed E-state index contributed by atoms with van der Waals surface area (Å²) in [5, 5.41) is 28.3. The van der Waals surface area contributed by atoms with Gasteiger partial charge in [-0.3, -0.25) is 9.59 Å². The molecule has 0 aliphatic heterocycles. The number of aliphatic carboxylic acids is 2. The van der Waals surface area contributed by atoms with Gasteiger partial charge in [-0.1, -0.05) is 0 Å². The zero-order valence-corrected chi connectivity index (χ0v) is 6.17. The molecule has 0 saturated heterocycles. The molecular formula is C5H9N3O4. The van der Waals surface area contributed by atoms with Crippen molar-refractivity contribution in [3.8, 4) is 0 Å². The van der Waals surface area contributed by atoms with Gasteiger partial charge in [0.2, 0.25) is 0 Å². The van der Waals surface area contributed by atoms with E-state index in [1.807, 2.05) is 0 Å². The maximum atomic E-state index is 9.99. The first-order chi connectivity index (χ1) is 5.54. The third kappa shape index (κ3) is 8.32. The fourth-order valence-corrected chi connectivity index (χ4v) is 0.402. The predicted molar refractivity (Wildman–Crippen MR) is 35.9 cm³/mol. The van der Waals surface area contributed by atoms with Gasteiger partial charge >= 0.3 is 11.9 Å². The van der Waals surface area contributed by atoms with Crippen LogP contribution in [0.25, 0.3) is 0 Å². The van der Waals surface area contributed by atoms with Crippen LogP contribution in [0.5, 0.6) is 0 Å². The Bertz CT molecular complexity index is 179. The van der Waals surface area contributed by atoms with Gasteiger partial charge in [0.15, 0.2) is 0 Å².